The van der Waals surface area contributed by atoms with Crippen LogP contribution < -0.4 is 0 Å². The van der Waals surface area contributed by atoms with E-state index in [0.29, 0.717) is 5.92 Å². The summed E-state index contributed by atoms with van der Waals surface area (Å²) in [6.07, 6.45) is 18.3. The Morgan fingerprint density at radius 1 is 0.730 bits per heavy atom. The van der Waals surface area contributed by atoms with Crippen molar-refractivity contribution in [1.29, 1.82) is 0 Å². The maximum absolute atomic E-state index is 12.7. The van der Waals surface area contributed by atoms with Crippen LogP contribution in [-0.4, -0.2) is 13.1 Å². The largest absolute Gasteiger partial charge is 0.469 e. The van der Waals surface area contributed by atoms with Crippen LogP contribution in [0.3, 0.4) is 0 Å². The fraction of sp³-hybridized carbons (Fsp3) is 0.629. The minimum Gasteiger partial charge on any atom is -0.469 e. The molecule has 0 unspecified atom stereocenters. The molecule has 0 bridgehead atoms. The molecule has 202 valence electrons. The van der Waals surface area contributed by atoms with Crippen molar-refractivity contribution in [3.63, 3.8) is 0 Å². The molecule has 37 heavy (non-hydrogen) atoms. The highest BCUT2D eigenvalue weighted by atomic mass is 16.5. The van der Waals surface area contributed by atoms with Gasteiger partial charge in [-0.25, -0.2) is 0 Å². The van der Waals surface area contributed by atoms with Gasteiger partial charge in [0.05, 0.1) is 12.5 Å². The van der Waals surface area contributed by atoms with Crippen molar-refractivity contribution in [3.8, 4) is 11.1 Å². The maximum atomic E-state index is 12.7. The summed E-state index contributed by atoms with van der Waals surface area (Å²) in [6, 6.07) is 18.7. The highest BCUT2D eigenvalue weighted by molar-refractivity contribution is 5.77. The van der Waals surface area contributed by atoms with E-state index >= 15 is 0 Å². The predicted molar refractivity (Wildman–Crippen MR) is 156 cm³/mol. The van der Waals surface area contributed by atoms with Gasteiger partial charge in [-0.2, -0.15) is 0 Å². The number of hydrogen-bond donors (Lipinski definition) is 0. The molecule has 2 aliphatic rings. The minimum atomic E-state index is -0.253. The third-order valence-corrected chi connectivity index (χ3v) is 9.73. The molecular formula is C35H50O2. The maximum Gasteiger partial charge on any atom is 0.311 e. The van der Waals surface area contributed by atoms with Crippen LogP contribution in [0.15, 0.2) is 48.5 Å². The molecule has 0 spiro atoms. The van der Waals surface area contributed by atoms with E-state index in [1.165, 1.54) is 80.0 Å². The topological polar surface area (TPSA) is 26.3 Å². The molecule has 2 heteroatoms. The van der Waals surface area contributed by atoms with Crippen LogP contribution in [0.1, 0.15) is 133 Å². The zero-order valence-corrected chi connectivity index (χ0v) is 23.8. The summed E-state index contributed by atoms with van der Waals surface area (Å²) in [5.41, 5.74) is 5.32. The van der Waals surface area contributed by atoms with Crippen LogP contribution in [0.25, 0.3) is 11.1 Å². The van der Waals surface area contributed by atoms with Gasteiger partial charge in [0.2, 0.25) is 0 Å². The Morgan fingerprint density at radius 3 is 1.73 bits per heavy atom. The fourth-order valence-corrected chi connectivity index (χ4v) is 7.16. The number of carbonyl (C=O) groups excluding carboxylic acids is 1. The van der Waals surface area contributed by atoms with Crippen molar-refractivity contribution >= 4 is 5.97 Å². The van der Waals surface area contributed by atoms with Crippen LogP contribution >= 0.6 is 0 Å². The number of hydrogen-bond acceptors (Lipinski definition) is 2. The van der Waals surface area contributed by atoms with E-state index in [-0.39, 0.29) is 11.4 Å². The zero-order valence-electron chi connectivity index (χ0n) is 23.8. The molecule has 2 aromatic rings. The average Bonchev–Trinajstić information content (AvgIpc) is 2.96. The first-order chi connectivity index (χ1) is 18.1. The summed E-state index contributed by atoms with van der Waals surface area (Å²) in [5.74, 6) is 2.29. The first-order valence-electron chi connectivity index (χ1n) is 15.4. The lowest BCUT2D eigenvalue weighted by atomic mass is 9.66. The summed E-state index contributed by atoms with van der Waals surface area (Å²) >= 11 is 0. The monoisotopic (exact) mass is 502 g/mol. The molecule has 2 nitrogen and oxygen atoms in total. The molecule has 0 radical (unpaired) electrons. The van der Waals surface area contributed by atoms with Gasteiger partial charge in [-0.15, -0.1) is 0 Å². The Balaban J connectivity index is 1.32. The van der Waals surface area contributed by atoms with Crippen LogP contribution in [0, 0.1) is 11.3 Å². The van der Waals surface area contributed by atoms with Crippen LogP contribution in [0.4, 0.5) is 0 Å². The summed E-state index contributed by atoms with van der Waals surface area (Å²) in [5, 5.41) is 0. The molecule has 0 N–H and O–H groups in total. The Kier molecular flexibility index (Phi) is 10.3. The van der Waals surface area contributed by atoms with Gasteiger partial charge in [-0.05, 0) is 97.8 Å². The second-order valence-corrected chi connectivity index (χ2v) is 12.1. The molecule has 0 amide bonds. The van der Waals surface area contributed by atoms with Gasteiger partial charge < -0.3 is 4.74 Å². The van der Waals surface area contributed by atoms with Crippen LogP contribution in [0.5, 0.6) is 0 Å². The van der Waals surface area contributed by atoms with E-state index in [1.54, 1.807) is 7.11 Å². The molecule has 0 heterocycles. The fourth-order valence-electron chi connectivity index (χ4n) is 7.16. The minimum absolute atomic E-state index is 0.0189. The predicted octanol–water partition coefficient (Wildman–Crippen LogP) is 10.2. The third-order valence-electron chi connectivity index (χ3n) is 9.73. The molecule has 2 saturated carbocycles. The molecule has 0 atom stereocenters. The van der Waals surface area contributed by atoms with Gasteiger partial charge in [0, 0.05) is 0 Å². The number of rotatable bonds is 11. The van der Waals surface area contributed by atoms with Gasteiger partial charge in [0.25, 0.3) is 0 Å². The van der Waals surface area contributed by atoms with Gasteiger partial charge in [0.15, 0.2) is 0 Å². The van der Waals surface area contributed by atoms with E-state index in [1.807, 2.05) is 0 Å². The number of carbonyl (C=O) groups is 1. The van der Waals surface area contributed by atoms with Crippen molar-refractivity contribution in [2.75, 3.05) is 7.11 Å². The molecule has 0 aromatic heterocycles. The lowest BCUT2D eigenvalue weighted by molar-refractivity contribution is -0.155. The third kappa shape index (κ3) is 7.06. The van der Waals surface area contributed by atoms with Crippen LogP contribution in [0.2, 0.25) is 0 Å². The normalized spacial score (nSPS) is 26.1. The van der Waals surface area contributed by atoms with Gasteiger partial charge in [-0.1, -0.05) is 101 Å². The number of ether oxygens (including phenoxy) is 1. The lowest BCUT2D eigenvalue weighted by Gasteiger charge is -2.38. The van der Waals surface area contributed by atoms with E-state index in [0.717, 1.165) is 50.4 Å². The first-order valence-corrected chi connectivity index (χ1v) is 15.4. The Hall–Kier alpha value is -2.09. The Morgan fingerprint density at radius 2 is 1.24 bits per heavy atom. The van der Waals surface area contributed by atoms with Crippen molar-refractivity contribution in [1.82, 2.24) is 0 Å². The molecule has 4 rings (SSSR count). The second-order valence-electron chi connectivity index (χ2n) is 12.1. The highest BCUT2D eigenvalue weighted by Gasteiger charge is 2.42. The molecule has 2 aromatic carbocycles. The summed E-state index contributed by atoms with van der Waals surface area (Å²) in [7, 11) is 1.56. The van der Waals surface area contributed by atoms with Crippen molar-refractivity contribution in [2.24, 2.45) is 11.3 Å². The first kappa shape index (κ1) is 27.9. The molecule has 0 aliphatic heterocycles. The van der Waals surface area contributed by atoms with E-state index in [9.17, 15) is 4.79 Å². The average molecular weight is 503 g/mol. The number of unbranched alkanes of at least 4 members (excludes halogenated alkanes) is 3. The molecular weight excluding hydrogens is 452 g/mol. The van der Waals surface area contributed by atoms with Gasteiger partial charge in [0.1, 0.15) is 0 Å². The second kappa shape index (κ2) is 13.6. The van der Waals surface area contributed by atoms with Gasteiger partial charge in [-0.3, -0.25) is 4.79 Å². The lowest BCUT2D eigenvalue weighted by Crippen LogP contribution is -2.36. The number of methoxy groups -OCH3 is 1. The molecule has 2 aliphatic carbocycles. The van der Waals surface area contributed by atoms with E-state index in [2.05, 4.69) is 62.4 Å². The quantitative estimate of drug-likeness (QED) is 0.226. The Labute approximate surface area is 226 Å². The van der Waals surface area contributed by atoms with Crippen molar-refractivity contribution < 1.29 is 9.53 Å². The SMILES string of the molecule is CCCCCC1(C(=O)OC)CCC(c2ccc(-c3ccc(C4CCC(CCCC)CC4)cc3)cc2)CC1. The number of benzene rings is 2. The highest BCUT2D eigenvalue weighted by Crippen LogP contribution is 2.47. The molecule has 0 saturated heterocycles. The summed E-state index contributed by atoms with van der Waals surface area (Å²) in [4.78, 5) is 12.7. The standard InChI is InChI=1S/C35H50O2/c1-4-6-8-24-35(34(36)37-3)25-22-33(23-26-35)32-20-18-31(19-21-32)30-16-14-29(15-17-30)28-12-10-27(11-13-28)9-7-5-2/h14-21,27-28,33H,4-13,22-26H2,1-3H3. The van der Waals surface area contributed by atoms with Crippen molar-refractivity contribution in [3.05, 3.63) is 59.7 Å². The van der Waals surface area contributed by atoms with E-state index < -0.39 is 0 Å². The number of esters is 1. The molecule has 2 fully saturated rings. The van der Waals surface area contributed by atoms with Crippen molar-refractivity contribution in [2.45, 2.75) is 122 Å². The van der Waals surface area contributed by atoms with Crippen LogP contribution in [-0.2, 0) is 9.53 Å². The smallest absolute Gasteiger partial charge is 0.311 e. The Bertz CT molecular complexity index is 942. The van der Waals surface area contributed by atoms with E-state index in [4.69, 9.17) is 4.74 Å². The summed E-state index contributed by atoms with van der Waals surface area (Å²) in [6.45, 7) is 4.53. The summed E-state index contributed by atoms with van der Waals surface area (Å²) < 4.78 is 5.26. The zero-order chi connectivity index (χ0) is 26.1. The van der Waals surface area contributed by atoms with Gasteiger partial charge >= 0.3 is 5.97 Å².